The van der Waals surface area contributed by atoms with E-state index in [-0.39, 0.29) is 23.6 Å². The van der Waals surface area contributed by atoms with Gasteiger partial charge in [0.1, 0.15) is 5.76 Å². The van der Waals surface area contributed by atoms with E-state index in [4.69, 9.17) is 4.74 Å². The molecule has 1 aliphatic carbocycles. The van der Waals surface area contributed by atoms with Crippen LogP contribution in [-0.2, 0) is 19.7 Å². The lowest BCUT2D eigenvalue weighted by molar-refractivity contribution is -0.137. The highest BCUT2D eigenvalue weighted by Gasteiger charge is 2.68. The Morgan fingerprint density at radius 2 is 2.19 bits per heavy atom. The highest BCUT2D eigenvalue weighted by molar-refractivity contribution is 5.96. The number of nitrogens with zero attached hydrogens (tertiary/aromatic N) is 1. The fourth-order valence-corrected chi connectivity index (χ4v) is 6.07. The second-order valence-electron chi connectivity index (χ2n) is 8.24. The number of fused-ring (bicyclic) bond motifs is 1. The fourth-order valence-electron chi connectivity index (χ4n) is 6.07. The maximum absolute atomic E-state index is 13.1. The molecule has 4 aliphatic rings. The van der Waals surface area contributed by atoms with E-state index in [1.165, 1.54) is 7.11 Å². The highest BCUT2D eigenvalue weighted by atomic mass is 16.5. The molecular weight excluding hydrogens is 344 g/mol. The number of carbonyl (C=O) groups is 2. The first-order valence-electron chi connectivity index (χ1n) is 9.69. The third kappa shape index (κ3) is 1.91. The van der Waals surface area contributed by atoms with Gasteiger partial charge in [-0.25, -0.2) is 4.79 Å². The molecule has 2 N–H and O–H groups in total. The standard InChI is InChI=1S/C21H24N2O4/c1-3-11-8-12-17(25)16(20(26)27-2)18-21(9-15(24)23(10-11)19(12)21)13-6-4-5-7-14(13)22-18/h4-7,11-12,18-19,22,25H,3,8-10H2,1-2H3/t11-,12+,18+,19+,21+/m0/s1. The van der Waals surface area contributed by atoms with Crippen LogP contribution >= 0.6 is 0 Å². The number of hydrogen-bond acceptors (Lipinski definition) is 5. The molecule has 3 aliphatic heterocycles. The van der Waals surface area contributed by atoms with E-state index in [0.717, 1.165) is 30.6 Å². The van der Waals surface area contributed by atoms with Gasteiger partial charge in [-0.15, -0.1) is 0 Å². The van der Waals surface area contributed by atoms with Crippen LogP contribution in [0.25, 0.3) is 0 Å². The van der Waals surface area contributed by atoms with Gasteiger partial charge in [-0.2, -0.15) is 0 Å². The lowest BCUT2D eigenvalue weighted by atomic mass is 9.58. The van der Waals surface area contributed by atoms with Gasteiger partial charge in [0.05, 0.1) is 30.2 Å². The summed E-state index contributed by atoms with van der Waals surface area (Å²) in [5.74, 6) is -0.197. The zero-order valence-corrected chi connectivity index (χ0v) is 15.6. The predicted octanol–water partition coefficient (Wildman–Crippen LogP) is 2.36. The van der Waals surface area contributed by atoms with Gasteiger partial charge in [-0.05, 0) is 24.0 Å². The molecule has 1 amide bonds. The summed E-state index contributed by atoms with van der Waals surface area (Å²) < 4.78 is 5.03. The molecule has 0 unspecified atom stereocenters. The van der Waals surface area contributed by atoms with Crippen molar-refractivity contribution in [1.29, 1.82) is 0 Å². The molecule has 0 radical (unpaired) electrons. The van der Waals surface area contributed by atoms with Gasteiger partial charge in [-0.1, -0.05) is 31.5 Å². The van der Waals surface area contributed by atoms with Crippen molar-refractivity contribution in [3.8, 4) is 0 Å². The summed E-state index contributed by atoms with van der Waals surface area (Å²) >= 11 is 0. The number of aliphatic hydroxyl groups is 1. The molecule has 1 spiro atoms. The summed E-state index contributed by atoms with van der Waals surface area (Å²) in [5.41, 5.74) is 1.77. The third-order valence-electron chi connectivity index (χ3n) is 7.19. The van der Waals surface area contributed by atoms with E-state index in [1.807, 2.05) is 23.1 Å². The number of carbonyl (C=O) groups excluding carboxylic acids is 2. The molecule has 0 aromatic heterocycles. The number of benzene rings is 1. The number of piperidine rings is 1. The monoisotopic (exact) mass is 368 g/mol. The number of para-hydroxylation sites is 1. The first kappa shape index (κ1) is 16.7. The van der Waals surface area contributed by atoms with Crippen molar-refractivity contribution in [3.05, 3.63) is 41.2 Å². The number of hydrogen-bond donors (Lipinski definition) is 2. The van der Waals surface area contributed by atoms with Gasteiger partial charge in [-0.3, -0.25) is 4.79 Å². The molecule has 5 atom stereocenters. The van der Waals surface area contributed by atoms with Gasteiger partial charge in [0.2, 0.25) is 5.91 Å². The molecule has 142 valence electrons. The Kier molecular flexibility index (Phi) is 3.39. The Morgan fingerprint density at radius 1 is 1.41 bits per heavy atom. The molecule has 3 heterocycles. The van der Waals surface area contributed by atoms with E-state index >= 15 is 0 Å². The summed E-state index contributed by atoms with van der Waals surface area (Å²) in [6, 6.07) is 7.39. The molecule has 0 saturated carbocycles. The van der Waals surface area contributed by atoms with Gasteiger partial charge < -0.3 is 20.1 Å². The zero-order valence-electron chi connectivity index (χ0n) is 15.6. The van der Waals surface area contributed by atoms with Crippen LogP contribution in [-0.4, -0.2) is 47.6 Å². The van der Waals surface area contributed by atoms with Crippen LogP contribution in [0.4, 0.5) is 5.69 Å². The fraction of sp³-hybridized carbons (Fsp3) is 0.524. The first-order chi connectivity index (χ1) is 13.0. The molecule has 0 bridgehead atoms. The number of amides is 1. The molecule has 1 aromatic carbocycles. The van der Waals surface area contributed by atoms with E-state index in [9.17, 15) is 14.7 Å². The molecular formula is C21H24N2O4. The zero-order chi connectivity index (χ0) is 18.9. The van der Waals surface area contributed by atoms with Gasteiger partial charge in [0.25, 0.3) is 0 Å². The molecule has 1 aromatic rings. The Hall–Kier alpha value is -2.50. The lowest BCUT2D eigenvalue weighted by Gasteiger charge is -2.51. The molecule has 27 heavy (non-hydrogen) atoms. The minimum atomic E-state index is -0.535. The normalized spacial score (nSPS) is 36.1. The topological polar surface area (TPSA) is 78.9 Å². The average molecular weight is 368 g/mol. The Balaban J connectivity index is 1.77. The van der Waals surface area contributed by atoms with Crippen LogP contribution in [0.15, 0.2) is 35.6 Å². The lowest BCUT2D eigenvalue weighted by Crippen LogP contribution is -2.61. The summed E-state index contributed by atoms with van der Waals surface area (Å²) in [6.45, 7) is 2.84. The molecule has 6 heteroatoms. The van der Waals surface area contributed by atoms with Crippen molar-refractivity contribution < 1.29 is 19.4 Å². The maximum atomic E-state index is 13.1. The van der Waals surface area contributed by atoms with Crippen LogP contribution in [0.5, 0.6) is 0 Å². The van der Waals surface area contributed by atoms with Crippen molar-refractivity contribution in [3.63, 3.8) is 0 Å². The second-order valence-corrected chi connectivity index (χ2v) is 8.24. The summed E-state index contributed by atoms with van der Waals surface area (Å²) in [6.07, 6.45) is 2.08. The van der Waals surface area contributed by atoms with Crippen molar-refractivity contribution in [1.82, 2.24) is 4.90 Å². The van der Waals surface area contributed by atoms with Crippen LogP contribution in [0.2, 0.25) is 0 Å². The summed E-state index contributed by atoms with van der Waals surface area (Å²) in [5, 5.41) is 14.6. The quantitative estimate of drug-likeness (QED) is 0.784. The minimum Gasteiger partial charge on any atom is -0.511 e. The number of rotatable bonds is 2. The van der Waals surface area contributed by atoms with Crippen molar-refractivity contribution in [2.45, 2.75) is 43.7 Å². The summed E-state index contributed by atoms with van der Waals surface area (Å²) in [7, 11) is 1.34. The number of nitrogens with one attached hydrogen (secondary N) is 1. The molecule has 5 rings (SSSR count). The Labute approximate surface area is 158 Å². The van der Waals surface area contributed by atoms with Crippen molar-refractivity contribution >= 4 is 17.6 Å². The maximum Gasteiger partial charge on any atom is 0.339 e. The van der Waals surface area contributed by atoms with E-state index in [1.54, 1.807) is 0 Å². The van der Waals surface area contributed by atoms with Crippen molar-refractivity contribution in [2.24, 2.45) is 11.8 Å². The van der Waals surface area contributed by atoms with Crippen LogP contribution < -0.4 is 5.32 Å². The van der Waals surface area contributed by atoms with E-state index in [0.29, 0.717) is 17.9 Å². The number of anilines is 1. The third-order valence-corrected chi connectivity index (χ3v) is 7.19. The summed E-state index contributed by atoms with van der Waals surface area (Å²) in [4.78, 5) is 27.7. The number of methoxy groups -OCH3 is 1. The van der Waals surface area contributed by atoms with Gasteiger partial charge in [0, 0.05) is 24.6 Å². The van der Waals surface area contributed by atoms with Crippen LogP contribution in [0.1, 0.15) is 31.7 Å². The first-order valence-corrected chi connectivity index (χ1v) is 9.69. The van der Waals surface area contributed by atoms with E-state index < -0.39 is 17.4 Å². The number of esters is 1. The smallest absolute Gasteiger partial charge is 0.339 e. The second kappa shape index (κ2) is 5.50. The predicted molar refractivity (Wildman–Crippen MR) is 99.2 cm³/mol. The molecule has 2 saturated heterocycles. The minimum absolute atomic E-state index is 0.102. The number of ether oxygens (including phenoxy) is 1. The van der Waals surface area contributed by atoms with Gasteiger partial charge in [0.15, 0.2) is 0 Å². The molecule has 6 nitrogen and oxygen atoms in total. The van der Waals surface area contributed by atoms with E-state index in [2.05, 4.69) is 18.3 Å². The van der Waals surface area contributed by atoms with Crippen molar-refractivity contribution in [2.75, 3.05) is 19.0 Å². The Morgan fingerprint density at radius 3 is 2.93 bits per heavy atom. The SMILES string of the molecule is CC[C@H]1C[C@@H]2C(O)=C(C(=O)OC)[C@H]3Nc4ccccc4[C@]34CC(=O)N(C1)[C@H]24. The van der Waals surface area contributed by atoms with Crippen LogP contribution in [0, 0.1) is 11.8 Å². The van der Waals surface area contributed by atoms with Gasteiger partial charge >= 0.3 is 5.97 Å². The van der Waals surface area contributed by atoms with Crippen LogP contribution in [0.3, 0.4) is 0 Å². The average Bonchev–Trinajstić information content (AvgIpc) is 3.17. The highest BCUT2D eigenvalue weighted by Crippen LogP contribution is 2.60. The molecule has 2 fully saturated rings. The largest absolute Gasteiger partial charge is 0.511 e. The number of aliphatic hydroxyl groups excluding tert-OH is 1. The Bertz CT molecular complexity index is 879.